The number of carbonyl (C=O) groups excluding carboxylic acids is 1. The zero-order valence-electron chi connectivity index (χ0n) is 17.3. The normalized spacial score (nSPS) is 11.9. The number of amides is 1. The minimum atomic E-state index is -0.655. The number of halogens is 1. The van der Waals surface area contributed by atoms with Gasteiger partial charge in [0.2, 0.25) is 11.7 Å². The van der Waals surface area contributed by atoms with Gasteiger partial charge in [-0.25, -0.2) is 0 Å². The Bertz CT molecular complexity index is 971. The van der Waals surface area contributed by atoms with Gasteiger partial charge in [0.05, 0.1) is 7.11 Å². The summed E-state index contributed by atoms with van der Waals surface area (Å²) in [5.74, 6) is 2.04. The lowest BCUT2D eigenvalue weighted by atomic mass is 10.2. The second-order valence-corrected chi connectivity index (χ2v) is 7.93. The predicted octanol–water partition coefficient (Wildman–Crippen LogP) is 4.71. The zero-order valence-corrected chi connectivity index (χ0v) is 18.9. The smallest absolute Gasteiger partial charge is 0.264 e. The third-order valence-electron chi connectivity index (χ3n) is 4.50. The summed E-state index contributed by atoms with van der Waals surface area (Å²) in [5, 5.41) is 4.03. The molecule has 0 fully saturated rings. The number of aromatic nitrogens is 2. The van der Waals surface area contributed by atoms with Crippen LogP contribution in [0.4, 0.5) is 0 Å². The highest BCUT2D eigenvalue weighted by molar-refractivity contribution is 9.10. The SMILES string of the molecule is COc1ccc(-c2noc(CN(C(=O)C(C)Oc3ccc(Br)cc3)C(C)C)n2)cc1. The lowest BCUT2D eigenvalue weighted by molar-refractivity contribution is -0.140. The fourth-order valence-electron chi connectivity index (χ4n) is 2.84. The maximum Gasteiger partial charge on any atom is 0.264 e. The maximum absolute atomic E-state index is 13.0. The van der Waals surface area contributed by atoms with Crippen LogP contribution in [-0.4, -0.2) is 40.2 Å². The number of ether oxygens (including phenoxy) is 2. The lowest BCUT2D eigenvalue weighted by Gasteiger charge is -2.28. The molecule has 7 nitrogen and oxygen atoms in total. The Morgan fingerprint density at radius 2 is 1.70 bits per heavy atom. The number of carbonyl (C=O) groups is 1. The number of hydrogen-bond donors (Lipinski definition) is 0. The van der Waals surface area contributed by atoms with Gasteiger partial charge in [0, 0.05) is 16.1 Å². The van der Waals surface area contributed by atoms with Gasteiger partial charge in [0.1, 0.15) is 18.0 Å². The van der Waals surface area contributed by atoms with E-state index in [-0.39, 0.29) is 18.5 Å². The first-order valence-electron chi connectivity index (χ1n) is 9.57. The molecule has 2 aromatic carbocycles. The highest BCUT2D eigenvalue weighted by atomic mass is 79.9. The van der Waals surface area contributed by atoms with Crippen molar-refractivity contribution < 1.29 is 18.8 Å². The highest BCUT2D eigenvalue weighted by Crippen LogP contribution is 2.21. The van der Waals surface area contributed by atoms with Crippen LogP contribution in [0.15, 0.2) is 57.5 Å². The van der Waals surface area contributed by atoms with Gasteiger partial charge >= 0.3 is 0 Å². The summed E-state index contributed by atoms with van der Waals surface area (Å²) >= 11 is 3.39. The van der Waals surface area contributed by atoms with Gasteiger partial charge in [-0.05, 0) is 69.3 Å². The van der Waals surface area contributed by atoms with E-state index in [2.05, 4.69) is 26.1 Å². The quantitative estimate of drug-likeness (QED) is 0.471. The molecule has 30 heavy (non-hydrogen) atoms. The lowest BCUT2D eigenvalue weighted by Crippen LogP contribution is -2.43. The molecule has 1 aromatic heterocycles. The summed E-state index contributed by atoms with van der Waals surface area (Å²) in [5.41, 5.74) is 0.806. The van der Waals surface area contributed by atoms with Crippen molar-refractivity contribution in [1.82, 2.24) is 15.0 Å². The summed E-state index contributed by atoms with van der Waals surface area (Å²) in [4.78, 5) is 19.1. The Hall–Kier alpha value is -2.87. The number of nitrogens with zero attached hydrogens (tertiary/aromatic N) is 3. The van der Waals surface area contributed by atoms with Gasteiger partial charge in [-0.3, -0.25) is 4.79 Å². The van der Waals surface area contributed by atoms with Crippen LogP contribution in [0.5, 0.6) is 11.5 Å². The Labute approximate surface area is 184 Å². The molecule has 0 N–H and O–H groups in total. The van der Waals surface area contributed by atoms with E-state index >= 15 is 0 Å². The van der Waals surface area contributed by atoms with Gasteiger partial charge in [-0.1, -0.05) is 21.1 Å². The molecular formula is C22H24BrN3O4. The molecule has 0 aliphatic rings. The molecule has 3 rings (SSSR count). The third-order valence-corrected chi connectivity index (χ3v) is 5.03. The number of hydrogen-bond acceptors (Lipinski definition) is 6. The van der Waals surface area contributed by atoms with Crippen LogP contribution in [-0.2, 0) is 11.3 Å². The summed E-state index contributed by atoms with van der Waals surface area (Å²) in [6.07, 6.45) is -0.655. The fourth-order valence-corrected chi connectivity index (χ4v) is 3.10. The monoisotopic (exact) mass is 473 g/mol. The summed E-state index contributed by atoms with van der Waals surface area (Å²) < 4.78 is 17.3. The van der Waals surface area contributed by atoms with Gasteiger partial charge < -0.3 is 18.9 Å². The molecule has 1 atom stereocenters. The second kappa shape index (κ2) is 9.75. The molecule has 8 heteroatoms. The molecule has 0 aliphatic carbocycles. The molecule has 0 saturated heterocycles. The summed E-state index contributed by atoms with van der Waals surface area (Å²) in [7, 11) is 1.61. The standard InChI is InChI=1S/C22H24BrN3O4/c1-14(2)26(22(27)15(3)29-19-11-7-17(23)8-12-19)13-20-24-21(25-30-20)16-5-9-18(28-4)10-6-16/h5-12,14-15H,13H2,1-4H3. The van der Waals surface area contributed by atoms with Gasteiger partial charge in [-0.2, -0.15) is 4.98 Å². The van der Waals surface area contributed by atoms with Gasteiger partial charge in [0.25, 0.3) is 5.91 Å². The Morgan fingerprint density at radius 3 is 2.30 bits per heavy atom. The molecular weight excluding hydrogens is 450 g/mol. The minimum Gasteiger partial charge on any atom is -0.497 e. The molecule has 1 amide bonds. The van der Waals surface area contributed by atoms with Gasteiger partial charge in [0.15, 0.2) is 6.10 Å². The van der Waals surface area contributed by atoms with E-state index in [0.717, 1.165) is 15.8 Å². The largest absolute Gasteiger partial charge is 0.497 e. The van der Waals surface area contributed by atoms with E-state index in [4.69, 9.17) is 14.0 Å². The van der Waals surface area contributed by atoms with Crippen molar-refractivity contribution in [2.24, 2.45) is 0 Å². The first kappa shape index (κ1) is 21.8. The molecule has 0 radical (unpaired) electrons. The van der Waals surface area contributed by atoms with Crippen LogP contribution in [0.1, 0.15) is 26.7 Å². The molecule has 1 heterocycles. The first-order chi connectivity index (χ1) is 14.4. The van der Waals surface area contributed by atoms with Crippen LogP contribution in [0.2, 0.25) is 0 Å². The fraction of sp³-hybridized carbons (Fsp3) is 0.318. The van der Waals surface area contributed by atoms with E-state index in [0.29, 0.717) is 17.5 Å². The summed E-state index contributed by atoms with van der Waals surface area (Å²) in [6, 6.07) is 14.7. The van der Waals surface area contributed by atoms with Crippen molar-refractivity contribution in [3.63, 3.8) is 0 Å². The van der Waals surface area contributed by atoms with Crippen LogP contribution in [0.25, 0.3) is 11.4 Å². The zero-order chi connectivity index (χ0) is 21.7. The van der Waals surface area contributed by atoms with Crippen molar-refractivity contribution in [2.45, 2.75) is 39.5 Å². The average molecular weight is 474 g/mol. The Morgan fingerprint density at radius 1 is 1.07 bits per heavy atom. The van der Waals surface area contributed by atoms with E-state index in [1.165, 1.54) is 0 Å². The van der Waals surface area contributed by atoms with E-state index in [1.807, 2.05) is 62.4 Å². The molecule has 3 aromatic rings. The van der Waals surface area contributed by atoms with Crippen LogP contribution in [0, 0.1) is 0 Å². The molecule has 1 unspecified atom stereocenters. The molecule has 0 spiro atoms. The molecule has 0 aliphatic heterocycles. The molecule has 0 saturated carbocycles. The van der Waals surface area contributed by atoms with Crippen LogP contribution in [0.3, 0.4) is 0 Å². The third kappa shape index (κ3) is 5.38. The van der Waals surface area contributed by atoms with E-state index in [1.54, 1.807) is 18.9 Å². The van der Waals surface area contributed by atoms with Crippen molar-refractivity contribution in [1.29, 1.82) is 0 Å². The Balaban J connectivity index is 1.69. The number of benzene rings is 2. The van der Waals surface area contributed by atoms with Crippen molar-refractivity contribution in [3.05, 3.63) is 58.9 Å². The number of rotatable bonds is 8. The van der Waals surface area contributed by atoms with E-state index in [9.17, 15) is 4.79 Å². The van der Waals surface area contributed by atoms with Gasteiger partial charge in [-0.15, -0.1) is 0 Å². The molecule has 158 valence electrons. The Kier molecular flexibility index (Phi) is 7.10. The first-order valence-corrected chi connectivity index (χ1v) is 10.4. The second-order valence-electron chi connectivity index (χ2n) is 7.01. The van der Waals surface area contributed by atoms with Crippen LogP contribution < -0.4 is 9.47 Å². The topological polar surface area (TPSA) is 77.7 Å². The number of methoxy groups -OCH3 is 1. The van der Waals surface area contributed by atoms with E-state index < -0.39 is 6.10 Å². The highest BCUT2D eigenvalue weighted by Gasteiger charge is 2.26. The summed E-state index contributed by atoms with van der Waals surface area (Å²) in [6.45, 7) is 5.81. The van der Waals surface area contributed by atoms with Crippen LogP contribution >= 0.6 is 15.9 Å². The minimum absolute atomic E-state index is 0.0650. The average Bonchev–Trinajstić information content (AvgIpc) is 3.21. The maximum atomic E-state index is 13.0. The van der Waals surface area contributed by atoms with Crippen molar-refractivity contribution in [3.8, 4) is 22.9 Å². The predicted molar refractivity (Wildman–Crippen MR) is 116 cm³/mol. The molecule has 0 bridgehead atoms. The van der Waals surface area contributed by atoms with Crippen molar-refractivity contribution >= 4 is 21.8 Å². The van der Waals surface area contributed by atoms with Crippen molar-refractivity contribution in [2.75, 3.05) is 7.11 Å².